The number of hydrogen-bond donors (Lipinski definition) is 3. The molecule has 1 aromatic carbocycles. The fourth-order valence-electron chi connectivity index (χ4n) is 3.76. The van der Waals surface area contributed by atoms with Crippen molar-refractivity contribution in [2.24, 2.45) is 0 Å². The van der Waals surface area contributed by atoms with Gasteiger partial charge in [-0.15, -0.1) is 0 Å². The highest BCUT2D eigenvalue weighted by Crippen LogP contribution is 2.34. The summed E-state index contributed by atoms with van der Waals surface area (Å²) in [6.45, 7) is 2.80. The first-order chi connectivity index (χ1) is 15.2. The van der Waals surface area contributed by atoms with Crippen molar-refractivity contribution in [2.75, 3.05) is 32.1 Å². The highest BCUT2D eigenvalue weighted by molar-refractivity contribution is 5.69. The van der Waals surface area contributed by atoms with E-state index in [0.717, 1.165) is 30.5 Å². The van der Waals surface area contributed by atoms with Gasteiger partial charge in [0.1, 0.15) is 5.82 Å². The molecule has 3 heterocycles. The van der Waals surface area contributed by atoms with Crippen molar-refractivity contribution in [3.05, 3.63) is 59.3 Å². The lowest BCUT2D eigenvalue weighted by Gasteiger charge is -2.21. The van der Waals surface area contributed by atoms with Gasteiger partial charge < -0.3 is 19.8 Å². The molecule has 1 saturated heterocycles. The summed E-state index contributed by atoms with van der Waals surface area (Å²) >= 11 is 0. The second kappa shape index (κ2) is 9.94. The van der Waals surface area contributed by atoms with Gasteiger partial charge in [0, 0.05) is 38.5 Å². The maximum Gasteiger partial charge on any atom is 0.244 e. The van der Waals surface area contributed by atoms with E-state index in [4.69, 9.17) is 14.5 Å². The largest absolute Gasteiger partial charge is 0.595 e. The Hall–Kier alpha value is -2.89. The van der Waals surface area contributed by atoms with E-state index < -0.39 is 5.23 Å². The summed E-state index contributed by atoms with van der Waals surface area (Å²) in [6.07, 6.45) is 3.68. The number of benzene rings is 1. The molecule has 2 unspecified atom stereocenters. The van der Waals surface area contributed by atoms with Crippen LogP contribution in [0.4, 0.5) is 11.5 Å². The van der Waals surface area contributed by atoms with E-state index in [1.54, 1.807) is 25.4 Å². The highest BCUT2D eigenvalue weighted by Gasteiger charge is 2.31. The van der Waals surface area contributed by atoms with Crippen LogP contribution in [0.2, 0.25) is 0 Å². The Morgan fingerprint density at radius 3 is 2.94 bits per heavy atom. The molecule has 2 atom stereocenters. The number of nitrogens with one attached hydrogen (secondary N) is 2. The molecule has 1 fully saturated rings. The van der Waals surface area contributed by atoms with Crippen molar-refractivity contribution in [1.82, 2.24) is 20.0 Å². The number of quaternary nitrogens is 1. The number of rotatable bonds is 9. The lowest BCUT2D eigenvalue weighted by atomic mass is 10.1. The van der Waals surface area contributed by atoms with E-state index in [9.17, 15) is 5.21 Å². The van der Waals surface area contributed by atoms with E-state index in [1.165, 1.54) is 0 Å². The SMILES string of the molecule is COCCNc1ncccc1-c1noc(C2CCCN2Cc2ccc([NH+]([O-])O)cc2)n1. The van der Waals surface area contributed by atoms with E-state index in [-0.39, 0.29) is 11.7 Å². The van der Waals surface area contributed by atoms with Crippen LogP contribution in [-0.2, 0) is 11.3 Å². The molecule has 0 bridgehead atoms. The first-order valence-electron chi connectivity index (χ1n) is 10.2. The molecule has 3 aromatic rings. The Labute approximate surface area is 180 Å². The zero-order chi connectivity index (χ0) is 21.6. The van der Waals surface area contributed by atoms with Crippen LogP contribution in [0.25, 0.3) is 11.4 Å². The zero-order valence-electron chi connectivity index (χ0n) is 17.3. The van der Waals surface area contributed by atoms with Gasteiger partial charge in [-0.2, -0.15) is 10.2 Å². The van der Waals surface area contributed by atoms with Crippen molar-refractivity contribution in [3.8, 4) is 11.4 Å². The standard InChI is InChI=1S/C21H26N6O4/c1-30-13-11-23-19-17(4-2-10-22-19)20-24-21(31-25-20)18-5-3-12-26(18)14-15-6-8-16(9-7-15)27(28)29/h2,4,6-10,18,27-28H,3,5,11-14H2,1H3,(H,22,23). The first kappa shape index (κ1) is 21.3. The van der Waals surface area contributed by atoms with Crippen molar-refractivity contribution in [3.63, 3.8) is 0 Å². The van der Waals surface area contributed by atoms with Gasteiger partial charge in [0.25, 0.3) is 0 Å². The van der Waals surface area contributed by atoms with Crippen LogP contribution in [0.1, 0.15) is 30.3 Å². The molecule has 164 valence electrons. The van der Waals surface area contributed by atoms with Crippen LogP contribution in [0, 0.1) is 5.21 Å². The van der Waals surface area contributed by atoms with Gasteiger partial charge in [-0.05, 0) is 37.1 Å². The maximum absolute atomic E-state index is 11.1. The Balaban J connectivity index is 1.48. The number of hydrogen-bond acceptors (Lipinski definition) is 9. The van der Waals surface area contributed by atoms with Gasteiger partial charge in [0.15, 0.2) is 5.69 Å². The number of aromatic nitrogens is 3. The van der Waals surface area contributed by atoms with Gasteiger partial charge in [0.2, 0.25) is 11.7 Å². The van der Waals surface area contributed by atoms with Crippen LogP contribution in [-0.4, -0.2) is 52.0 Å². The number of pyridine rings is 1. The average Bonchev–Trinajstić information content (AvgIpc) is 3.44. The molecule has 0 amide bonds. The normalized spacial score (nSPS) is 17.7. The fourth-order valence-corrected chi connectivity index (χ4v) is 3.76. The van der Waals surface area contributed by atoms with E-state index in [0.29, 0.717) is 37.2 Å². The Morgan fingerprint density at radius 2 is 2.16 bits per heavy atom. The third-order valence-corrected chi connectivity index (χ3v) is 5.32. The molecule has 1 aliphatic rings. The number of nitrogens with zero attached hydrogens (tertiary/aromatic N) is 4. The number of ether oxygens (including phenoxy) is 1. The molecule has 0 radical (unpaired) electrons. The van der Waals surface area contributed by atoms with E-state index in [1.807, 2.05) is 24.3 Å². The average molecular weight is 426 g/mol. The van der Waals surface area contributed by atoms with Crippen LogP contribution >= 0.6 is 0 Å². The van der Waals surface area contributed by atoms with E-state index in [2.05, 4.69) is 25.3 Å². The second-order valence-electron chi connectivity index (χ2n) is 7.41. The van der Waals surface area contributed by atoms with Crippen LogP contribution in [0.15, 0.2) is 47.1 Å². The quantitative estimate of drug-likeness (QED) is 0.348. The number of methoxy groups -OCH3 is 1. The summed E-state index contributed by atoms with van der Waals surface area (Å²) in [5, 5.41) is 26.6. The fraction of sp³-hybridized carbons (Fsp3) is 0.381. The monoisotopic (exact) mass is 426 g/mol. The zero-order valence-corrected chi connectivity index (χ0v) is 17.3. The summed E-state index contributed by atoms with van der Waals surface area (Å²) in [4.78, 5) is 11.3. The van der Waals surface area contributed by atoms with E-state index >= 15 is 0 Å². The van der Waals surface area contributed by atoms with Crippen LogP contribution in [0.3, 0.4) is 0 Å². The lowest BCUT2D eigenvalue weighted by Crippen LogP contribution is -2.99. The number of anilines is 1. The summed E-state index contributed by atoms with van der Waals surface area (Å²) in [6, 6.07) is 10.8. The minimum absolute atomic E-state index is 0.0296. The van der Waals surface area contributed by atoms with Gasteiger partial charge >= 0.3 is 0 Å². The first-order valence-corrected chi connectivity index (χ1v) is 10.2. The Bertz CT molecular complexity index is 978. The molecule has 31 heavy (non-hydrogen) atoms. The van der Waals surface area contributed by atoms with Gasteiger partial charge in [0.05, 0.1) is 18.2 Å². The topological polar surface area (TPSA) is 124 Å². The molecule has 2 aromatic heterocycles. The summed E-state index contributed by atoms with van der Waals surface area (Å²) in [7, 11) is 1.65. The molecule has 1 aliphatic heterocycles. The van der Waals surface area contributed by atoms with Crippen molar-refractivity contribution < 1.29 is 19.7 Å². The van der Waals surface area contributed by atoms with Crippen LogP contribution < -0.4 is 10.5 Å². The molecule has 0 saturated carbocycles. The lowest BCUT2D eigenvalue weighted by molar-refractivity contribution is -0.991. The van der Waals surface area contributed by atoms with Gasteiger partial charge in [-0.25, -0.2) is 10.2 Å². The van der Waals surface area contributed by atoms with Gasteiger partial charge in [-0.1, -0.05) is 17.3 Å². The summed E-state index contributed by atoms with van der Waals surface area (Å²) in [5.41, 5.74) is 2.12. The summed E-state index contributed by atoms with van der Waals surface area (Å²) in [5.74, 6) is 1.77. The van der Waals surface area contributed by atoms with Gasteiger partial charge in [-0.3, -0.25) is 4.90 Å². The molecule has 10 heteroatoms. The molecular formula is C21H26N6O4. The van der Waals surface area contributed by atoms with Crippen LogP contribution in [0.5, 0.6) is 0 Å². The molecule has 3 N–H and O–H groups in total. The Morgan fingerprint density at radius 1 is 1.32 bits per heavy atom. The number of likely N-dealkylation sites (tertiary alicyclic amines) is 1. The minimum Gasteiger partial charge on any atom is -0.595 e. The Kier molecular flexibility index (Phi) is 6.85. The van der Waals surface area contributed by atoms with Crippen molar-refractivity contribution in [1.29, 1.82) is 0 Å². The highest BCUT2D eigenvalue weighted by atomic mass is 16.8. The maximum atomic E-state index is 11.1. The second-order valence-corrected chi connectivity index (χ2v) is 7.41. The third kappa shape index (κ3) is 5.06. The van der Waals surface area contributed by atoms with Crippen molar-refractivity contribution >= 4 is 11.5 Å². The molecular weight excluding hydrogens is 400 g/mol. The third-order valence-electron chi connectivity index (χ3n) is 5.32. The summed E-state index contributed by atoms with van der Waals surface area (Å²) < 4.78 is 10.7. The molecule has 0 aliphatic carbocycles. The predicted octanol–water partition coefficient (Wildman–Crippen LogP) is 1.93. The molecule has 10 nitrogen and oxygen atoms in total. The molecule has 0 spiro atoms. The van der Waals surface area contributed by atoms with Crippen molar-refractivity contribution in [2.45, 2.75) is 25.4 Å². The smallest absolute Gasteiger partial charge is 0.244 e. The predicted molar refractivity (Wildman–Crippen MR) is 112 cm³/mol. The minimum atomic E-state index is -0.921. The molecule has 4 rings (SSSR count).